The minimum Gasteiger partial charge on any atom is -0.475 e. The topological polar surface area (TPSA) is 85.6 Å². The quantitative estimate of drug-likeness (QED) is 0.434. The van der Waals surface area contributed by atoms with E-state index in [1.54, 1.807) is 0 Å². The van der Waals surface area contributed by atoms with Crippen LogP contribution in [0.5, 0.6) is 0 Å². The van der Waals surface area contributed by atoms with Crippen molar-refractivity contribution in [3.63, 3.8) is 0 Å². The highest BCUT2D eigenvalue weighted by molar-refractivity contribution is 6.39. The number of carboxylic acids is 1. The van der Waals surface area contributed by atoms with Gasteiger partial charge in [-0.2, -0.15) is 0 Å². The van der Waals surface area contributed by atoms with Crippen LogP contribution in [0.25, 0.3) is 0 Å². The van der Waals surface area contributed by atoms with Crippen molar-refractivity contribution in [1.29, 1.82) is 0 Å². The molecule has 0 spiro atoms. The van der Waals surface area contributed by atoms with E-state index in [1.807, 2.05) is 0 Å². The highest BCUT2D eigenvalue weighted by atomic mass is 16.5. The van der Waals surface area contributed by atoms with E-state index >= 15 is 0 Å². The average Bonchev–Trinajstić information content (AvgIpc) is 2.57. The number of hydrogen-bond donors (Lipinski definition) is 1. The predicted molar refractivity (Wildman–Crippen MR) is 48.7 cm³/mol. The molecule has 0 amide bonds. The molecular weight excluding hydrogens is 202 g/mol. The van der Waals surface area contributed by atoms with Crippen molar-refractivity contribution < 1.29 is 24.2 Å². The zero-order chi connectivity index (χ0) is 11.6. The Morgan fingerprint density at radius 3 is 2.27 bits per heavy atom. The molecule has 0 radical (unpaired) electrons. The van der Waals surface area contributed by atoms with Crippen molar-refractivity contribution in [2.24, 2.45) is 7.05 Å². The maximum absolute atomic E-state index is 11.1. The summed E-state index contributed by atoms with van der Waals surface area (Å²) in [6, 6.07) is 2.60. The highest BCUT2D eigenvalue weighted by Crippen LogP contribution is 2.09. The lowest BCUT2D eigenvalue weighted by Gasteiger charge is -2.03. The van der Waals surface area contributed by atoms with Crippen LogP contribution in [-0.4, -0.2) is 34.5 Å². The molecule has 0 fully saturated rings. The van der Waals surface area contributed by atoms with Crippen molar-refractivity contribution in [2.45, 2.75) is 0 Å². The van der Waals surface area contributed by atoms with E-state index in [0.29, 0.717) is 0 Å². The SMILES string of the molecule is COC(=O)c1ccc(C(=O)C(=O)O)n1C. The molecule has 0 aliphatic rings. The summed E-state index contributed by atoms with van der Waals surface area (Å²) in [7, 11) is 2.62. The van der Waals surface area contributed by atoms with E-state index in [9.17, 15) is 14.4 Å². The first-order chi connectivity index (χ1) is 6.99. The maximum atomic E-state index is 11.1. The van der Waals surface area contributed by atoms with Crippen molar-refractivity contribution >= 4 is 17.7 Å². The molecule has 0 aliphatic heterocycles. The van der Waals surface area contributed by atoms with Gasteiger partial charge < -0.3 is 14.4 Å². The second kappa shape index (κ2) is 3.95. The number of carboxylic acid groups (broad SMARTS) is 1. The number of carbonyl (C=O) groups excluding carboxylic acids is 2. The fourth-order valence-corrected chi connectivity index (χ4v) is 1.16. The number of Topliss-reactive ketones (excluding diaryl/α,β-unsaturated/α-hetero) is 1. The Morgan fingerprint density at radius 1 is 1.27 bits per heavy atom. The smallest absolute Gasteiger partial charge is 0.378 e. The van der Waals surface area contributed by atoms with Crippen molar-refractivity contribution in [3.05, 3.63) is 23.5 Å². The predicted octanol–water partition coefficient (Wildman–Crippen LogP) is 0.0790. The van der Waals surface area contributed by atoms with E-state index in [0.717, 1.165) is 0 Å². The van der Waals surface area contributed by atoms with Crippen LogP contribution in [0.1, 0.15) is 21.0 Å². The third kappa shape index (κ3) is 1.88. The molecule has 1 N–H and O–H groups in total. The Balaban J connectivity index is 3.15. The monoisotopic (exact) mass is 211 g/mol. The molecule has 0 atom stereocenters. The van der Waals surface area contributed by atoms with Gasteiger partial charge in [-0.3, -0.25) is 4.79 Å². The third-order valence-corrected chi connectivity index (χ3v) is 1.94. The van der Waals surface area contributed by atoms with E-state index in [4.69, 9.17) is 5.11 Å². The molecule has 0 bridgehead atoms. The second-order valence-electron chi connectivity index (χ2n) is 2.79. The Morgan fingerprint density at radius 2 is 1.80 bits per heavy atom. The molecular formula is C9H9NO5. The number of esters is 1. The van der Waals surface area contributed by atoms with Crippen LogP contribution in [0.2, 0.25) is 0 Å². The molecule has 0 saturated heterocycles. The standard InChI is InChI=1S/C9H9NO5/c1-10-5(7(11)8(12)13)3-4-6(10)9(14)15-2/h3-4H,1-2H3,(H,12,13). The van der Waals surface area contributed by atoms with E-state index in [1.165, 1.54) is 30.9 Å². The number of aliphatic carboxylic acids is 1. The van der Waals surface area contributed by atoms with Crippen LogP contribution in [0.3, 0.4) is 0 Å². The Hall–Kier alpha value is -2.11. The molecule has 1 aromatic rings. The molecule has 6 heteroatoms. The van der Waals surface area contributed by atoms with Crippen LogP contribution in [0, 0.1) is 0 Å². The molecule has 80 valence electrons. The van der Waals surface area contributed by atoms with Gasteiger partial charge in [0.2, 0.25) is 0 Å². The maximum Gasteiger partial charge on any atom is 0.378 e. The summed E-state index contributed by atoms with van der Waals surface area (Å²) in [5.74, 6) is -3.25. The van der Waals surface area contributed by atoms with Crippen molar-refractivity contribution in [1.82, 2.24) is 4.57 Å². The summed E-state index contributed by atoms with van der Waals surface area (Å²) in [6.45, 7) is 0. The molecule has 0 saturated carbocycles. The van der Waals surface area contributed by atoms with E-state index in [2.05, 4.69) is 4.74 Å². The fraction of sp³-hybridized carbons (Fsp3) is 0.222. The number of hydrogen-bond acceptors (Lipinski definition) is 4. The summed E-state index contributed by atoms with van der Waals surface area (Å²) in [6.07, 6.45) is 0. The average molecular weight is 211 g/mol. The molecule has 1 rings (SSSR count). The third-order valence-electron chi connectivity index (χ3n) is 1.94. The summed E-state index contributed by atoms with van der Waals surface area (Å²) in [5.41, 5.74) is 0.0602. The highest BCUT2D eigenvalue weighted by Gasteiger charge is 2.21. The first kappa shape index (κ1) is 11.0. The molecule has 0 unspecified atom stereocenters. The van der Waals surface area contributed by atoms with Gasteiger partial charge in [0, 0.05) is 7.05 Å². The molecule has 1 heterocycles. The van der Waals surface area contributed by atoms with Gasteiger partial charge in [0.15, 0.2) is 0 Å². The fourth-order valence-electron chi connectivity index (χ4n) is 1.16. The summed E-state index contributed by atoms with van der Waals surface area (Å²) < 4.78 is 5.63. The first-order valence-electron chi connectivity index (χ1n) is 4.00. The summed E-state index contributed by atoms with van der Waals surface area (Å²) >= 11 is 0. The normalized spacial score (nSPS) is 9.73. The van der Waals surface area contributed by atoms with E-state index < -0.39 is 17.7 Å². The van der Waals surface area contributed by atoms with Crippen LogP contribution in [0.4, 0.5) is 0 Å². The van der Waals surface area contributed by atoms with Gasteiger partial charge in [-0.25, -0.2) is 9.59 Å². The van der Waals surface area contributed by atoms with Crippen LogP contribution in [-0.2, 0) is 16.6 Å². The second-order valence-corrected chi connectivity index (χ2v) is 2.79. The zero-order valence-corrected chi connectivity index (χ0v) is 8.18. The van der Waals surface area contributed by atoms with Gasteiger partial charge in [0.05, 0.1) is 12.8 Å². The van der Waals surface area contributed by atoms with E-state index in [-0.39, 0.29) is 11.4 Å². The number of aromatic nitrogens is 1. The molecule has 6 nitrogen and oxygen atoms in total. The number of methoxy groups -OCH3 is 1. The number of rotatable bonds is 3. The summed E-state index contributed by atoms with van der Waals surface area (Å²) in [5, 5.41) is 8.49. The van der Waals surface area contributed by atoms with Gasteiger partial charge in [-0.1, -0.05) is 0 Å². The van der Waals surface area contributed by atoms with Crippen LogP contribution < -0.4 is 0 Å². The lowest BCUT2D eigenvalue weighted by Crippen LogP contribution is -2.18. The van der Waals surface area contributed by atoms with Gasteiger partial charge >= 0.3 is 11.9 Å². The lowest BCUT2D eigenvalue weighted by atomic mass is 10.3. The van der Waals surface area contributed by atoms with Gasteiger partial charge in [-0.15, -0.1) is 0 Å². The Bertz CT molecular complexity index is 432. The first-order valence-corrected chi connectivity index (χ1v) is 4.00. The number of nitrogens with zero attached hydrogens (tertiary/aromatic N) is 1. The largest absolute Gasteiger partial charge is 0.475 e. The van der Waals surface area contributed by atoms with Crippen LogP contribution in [0.15, 0.2) is 12.1 Å². The molecule has 0 aliphatic carbocycles. The van der Waals surface area contributed by atoms with Crippen LogP contribution >= 0.6 is 0 Å². The number of ketones is 1. The Labute approximate surface area is 85.1 Å². The molecule has 0 aromatic carbocycles. The number of ether oxygens (including phenoxy) is 1. The van der Waals surface area contributed by atoms with Crippen molar-refractivity contribution in [3.8, 4) is 0 Å². The van der Waals surface area contributed by atoms with Gasteiger partial charge in [-0.05, 0) is 12.1 Å². The van der Waals surface area contributed by atoms with Crippen molar-refractivity contribution in [2.75, 3.05) is 7.11 Å². The zero-order valence-electron chi connectivity index (χ0n) is 8.18. The molecule has 15 heavy (non-hydrogen) atoms. The summed E-state index contributed by atoms with van der Waals surface area (Å²) in [4.78, 5) is 32.7. The minimum absolute atomic E-state index is 0.0668. The minimum atomic E-state index is -1.56. The number of carbonyl (C=O) groups is 3. The van der Waals surface area contributed by atoms with Gasteiger partial charge in [0.1, 0.15) is 5.69 Å². The molecule has 1 aromatic heterocycles. The van der Waals surface area contributed by atoms with Gasteiger partial charge in [0.25, 0.3) is 5.78 Å². The Kier molecular flexibility index (Phi) is 2.89. The lowest BCUT2D eigenvalue weighted by molar-refractivity contribution is -0.131.